The van der Waals surface area contributed by atoms with E-state index in [-0.39, 0.29) is 18.5 Å². The van der Waals surface area contributed by atoms with Crippen LogP contribution in [0.3, 0.4) is 0 Å². The summed E-state index contributed by atoms with van der Waals surface area (Å²) in [5.41, 5.74) is 4.13. The molecule has 0 aliphatic carbocycles. The summed E-state index contributed by atoms with van der Waals surface area (Å²) in [6.45, 7) is 8.31. The first-order valence-corrected chi connectivity index (χ1v) is 9.63. The summed E-state index contributed by atoms with van der Waals surface area (Å²) in [7, 11) is 0. The minimum absolute atomic E-state index is 0.0586. The van der Waals surface area contributed by atoms with Crippen molar-refractivity contribution < 1.29 is 13.9 Å². The predicted molar refractivity (Wildman–Crippen MR) is 111 cm³/mol. The van der Waals surface area contributed by atoms with Gasteiger partial charge in [-0.3, -0.25) is 4.79 Å². The smallest absolute Gasteiger partial charge is 0.336 e. The molecule has 28 heavy (non-hydrogen) atoms. The Labute approximate surface area is 165 Å². The highest BCUT2D eigenvalue weighted by Gasteiger charge is 2.15. The second kappa shape index (κ2) is 8.42. The highest BCUT2D eigenvalue weighted by atomic mass is 16.5. The number of carbonyl (C=O) groups is 1. The van der Waals surface area contributed by atoms with Crippen LogP contribution in [0.15, 0.2) is 57.7 Å². The first-order valence-electron chi connectivity index (χ1n) is 9.63. The van der Waals surface area contributed by atoms with Crippen LogP contribution in [0.4, 0.5) is 0 Å². The van der Waals surface area contributed by atoms with E-state index in [9.17, 15) is 9.59 Å². The van der Waals surface area contributed by atoms with Crippen molar-refractivity contribution in [1.82, 2.24) is 0 Å². The van der Waals surface area contributed by atoms with Gasteiger partial charge in [-0.1, -0.05) is 51.1 Å². The van der Waals surface area contributed by atoms with Crippen molar-refractivity contribution in [1.29, 1.82) is 0 Å². The molecule has 0 aliphatic rings. The van der Waals surface area contributed by atoms with Crippen molar-refractivity contribution in [2.75, 3.05) is 0 Å². The second-order valence-electron chi connectivity index (χ2n) is 7.63. The largest absolute Gasteiger partial charge is 0.461 e. The van der Waals surface area contributed by atoms with E-state index in [1.54, 1.807) is 0 Å². The number of rotatable bonds is 6. The molecule has 0 amide bonds. The van der Waals surface area contributed by atoms with Crippen molar-refractivity contribution >= 4 is 16.9 Å². The first-order chi connectivity index (χ1) is 13.3. The zero-order valence-electron chi connectivity index (χ0n) is 16.8. The maximum Gasteiger partial charge on any atom is 0.336 e. The van der Waals surface area contributed by atoms with Gasteiger partial charge in [-0.15, -0.1) is 0 Å². The first kappa shape index (κ1) is 19.9. The fourth-order valence-electron chi connectivity index (χ4n) is 3.50. The fraction of sp³-hybridized carbons (Fsp3) is 0.333. The maximum atomic E-state index is 12.3. The maximum absolute atomic E-state index is 12.3. The lowest BCUT2D eigenvalue weighted by Crippen LogP contribution is -2.10. The van der Waals surface area contributed by atoms with Gasteiger partial charge < -0.3 is 9.15 Å². The van der Waals surface area contributed by atoms with Crippen LogP contribution in [0.25, 0.3) is 11.0 Å². The van der Waals surface area contributed by atoms with Crippen LogP contribution in [0.2, 0.25) is 0 Å². The third-order valence-electron chi connectivity index (χ3n) is 5.07. The van der Waals surface area contributed by atoms with Gasteiger partial charge in [-0.25, -0.2) is 4.79 Å². The van der Waals surface area contributed by atoms with Crippen molar-refractivity contribution in [2.24, 2.45) is 0 Å². The quantitative estimate of drug-likeness (QED) is 0.422. The van der Waals surface area contributed by atoms with Gasteiger partial charge >= 0.3 is 11.6 Å². The monoisotopic (exact) mass is 378 g/mol. The van der Waals surface area contributed by atoms with E-state index >= 15 is 0 Å². The molecular weight excluding hydrogens is 352 g/mol. The second-order valence-corrected chi connectivity index (χ2v) is 7.63. The minimum atomic E-state index is -0.437. The lowest BCUT2D eigenvalue weighted by atomic mass is 9.95. The third kappa shape index (κ3) is 4.50. The molecule has 0 unspecified atom stereocenters. The Morgan fingerprint density at radius 2 is 1.79 bits per heavy atom. The summed E-state index contributed by atoms with van der Waals surface area (Å²) in [5.74, 6) is 0.133. The van der Waals surface area contributed by atoms with Crippen molar-refractivity contribution in [3.8, 4) is 0 Å². The molecule has 0 saturated carbocycles. The van der Waals surface area contributed by atoms with Gasteiger partial charge in [0, 0.05) is 17.0 Å². The molecule has 4 heteroatoms. The van der Waals surface area contributed by atoms with Crippen molar-refractivity contribution in [3.63, 3.8) is 0 Å². The summed E-state index contributed by atoms with van der Waals surface area (Å²) in [6.07, 6.45) is 0.291. The molecule has 3 aromatic rings. The Kier molecular flexibility index (Phi) is 5.98. The standard InChI is InChI=1S/C24H26O4/c1-15(2)20-13-21-19(12-24(26)28-22(21)10-17(20)4)14-27-23(25)11-16(3)18-8-6-5-7-9-18/h5-10,12-13,15-16H,11,14H2,1-4H3/t16-/m0/s1. The molecule has 0 spiro atoms. The number of hydrogen-bond acceptors (Lipinski definition) is 4. The van der Waals surface area contributed by atoms with Crippen LogP contribution in [-0.2, 0) is 16.1 Å². The van der Waals surface area contributed by atoms with Crippen LogP contribution >= 0.6 is 0 Å². The van der Waals surface area contributed by atoms with Crippen LogP contribution in [-0.4, -0.2) is 5.97 Å². The van der Waals surface area contributed by atoms with Crippen LogP contribution in [0, 0.1) is 6.92 Å². The molecular formula is C24H26O4. The van der Waals surface area contributed by atoms with Gasteiger partial charge in [0.15, 0.2) is 0 Å². The Balaban J connectivity index is 1.79. The number of ether oxygens (including phenoxy) is 1. The number of fused-ring (bicyclic) bond motifs is 1. The highest BCUT2D eigenvalue weighted by Crippen LogP contribution is 2.27. The average Bonchev–Trinajstić information content (AvgIpc) is 2.65. The van der Waals surface area contributed by atoms with E-state index in [0.29, 0.717) is 23.5 Å². The Bertz CT molecular complexity index is 1030. The zero-order chi connectivity index (χ0) is 20.3. The molecule has 4 nitrogen and oxygen atoms in total. The lowest BCUT2D eigenvalue weighted by Gasteiger charge is -2.14. The molecule has 146 valence electrons. The van der Waals surface area contributed by atoms with E-state index in [0.717, 1.165) is 16.5 Å². The molecule has 1 aromatic heterocycles. The summed E-state index contributed by atoms with van der Waals surface area (Å²) in [6, 6.07) is 15.2. The molecule has 0 N–H and O–H groups in total. The SMILES string of the molecule is Cc1cc2oc(=O)cc(COC(=O)C[C@H](C)c3ccccc3)c2cc1C(C)C. The number of esters is 1. The summed E-state index contributed by atoms with van der Waals surface area (Å²) in [5, 5.41) is 0.817. The molecule has 3 rings (SSSR count). The van der Waals surface area contributed by atoms with Crippen LogP contribution in [0.5, 0.6) is 0 Å². The highest BCUT2D eigenvalue weighted by molar-refractivity contribution is 5.82. The van der Waals surface area contributed by atoms with Crippen LogP contribution < -0.4 is 5.63 Å². The van der Waals surface area contributed by atoms with E-state index < -0.39 is 5.63 Å². The molecule has 1 heterocycles. The molecule has 2 aromatic carbocycles. The van der Waals surface area contributed by atoms with E-state index in [1.165, 1.54) is 11.6 Å². The van der Waals surface area contributed by atoms with Gasteiger partial charge in [-0.2, -0.15) is 0 Å². The summed E-state index contributed by atoms with van der Waals surface area (Å²) in [4.78, 5) is 24.3. The molecule has 0 fully saturated rings. The van der Waals surface area contributed by atoms with Gasteiger partial charge in [-0.05, 0) is 47.6 Å². The topological polar surface area (TPSA) is 56.5 Å². The molecule has 1 atom stereocenters. The van der Waals surface area contributed by atoms with E-state index in [4.69, 9.17) is 9.15 Å². The summed E-state index contributed by atoms with van der Waals surface area (Å²) >= 11 is 0. The molecule has 0 bridgehead atoms. The zero-order valence-corrected chi connectivity index (χ0v) is 16.8. The Morgan fingerprint density at radius 1 is 1.07 bits per heavy atom. The summed E-state index contributed by atoms with van der Waals surface area (Å²) < 4.78 is 10.8. The Hall–Kier alpha value is -2.88. The lowest BCUT2D eigenvalue weighted by molar-refractivity contribution is -0.145. The van der Waals surface area contributed by atoms with E-state index in [2.05, 4.69) is 13.8 Å². The number of carbonyl (C=O) groups excluding carboxylic acids is 1. The van der Waals surface area contributed by atoms with Gasteiger partial charge in [0.1, 0.15) is 12.2 Å². The third-order valence-corrected chi connectivity index (χ3v) is 5.07. The number of benzene rings is 2. The van der Waals surface area contributed by atoms with Gasteiger partial charge in [0.2, 0.25) is 0 Å². The van der Waals surface area contributed by atoms with Crippen molar-refractivity contribution in [3.05, 3.63) is 81.2 Å². The van der Waals surface area contributed by atoms with Gasteiger partial charge in [0.25, 0.3) is 0 Å². The van der Waals surface area contributed by atoms with Gasteiger partial charge in [0.05, 0.1) is 6.42 Å². The number of aryl methyl sites for hydroxylation is 1. The minimum Gasteiger partial charge on any atom is -0.461 e. The predicted octanol–water partition coefficient (Wildman–Crippen LogP) is 5.46. The number of hydrogen-bond donors (Lipinski definition) is 0. The van der Waals surface area contributed by atoms with E-state index in [1.807, 2.05) is 56.3 Å². The molecule has 0 radical (unpaired) electrons. The fourth-order valence-corrected chi connectivity index (χ4v) is 3.50. The normalized spacial score (nSPS) is 12.3. The molecule has 0 aliphatic heterocycles. The Morgan fingerprint density at radius 3 is 2.46 bits per heavy atom. The van der Waals surface area contributed by atoms with Crippen LogP contribution in [0.1, 0.15) is 61.3 Å². The van der Waals surface area contributed by atoms with Crippen molar-refractivity contribution in [2.45, 2.75) is 52.6 Å². The average molecular weight is 378 g/mol. The molecule has 0 saturated heterocycles.